The van der Waals surface area contributed by atoms with Crippen molar-refractivity contribution >= 4 is 51.3 Å². The van der Waals surface area contributed by atoms with Crippen LogP contribution in [-0.2, 0) is 95.9 Å². The Hall–Kier alpha value is -6.99. The Morgan fingerprint density at radius 3 is 1.74 bits per heavy atom. The maximum absolute atomic E-state index is 13.3. The van der Waals surface area contributed by atoms with E-state index < -0.39 is 52.0 Å². The zero-order valence-electron chi connectivity index (χ0n) is 54.8. The van der Waals surface area contributed by atoms with Crippen molar-refractivity contribution < 1.29 is 84.6 Å². The number of carbonyl (C=O) groups is 6. The van der Waals surface area contributed by atoms with E-state index in [1.807, 2.05) is 13.8 Å². The van der Waals surface area contributed by atoms with Crippen molar-refractivity contribution in [1.82, 2.24) is 56.4 Å². The van der Waals surface area contributed by atoms with Crippen LogP contribution in [0, 0.1) is 23.7 Å². The summed E-state index contributed by atoms with van der Waals surface area (Å²) in [6.45, 7) is 16.0. The number of sulfone groups is 1. The lowest BCUT2D eigenvalue weighted by Crippen LogP contribution is -2.53. The molecule has 30 nitrogen and oxygen atoms in total. The zero-order chi connectivity index (χ0) is 67.3. The average molecular weight is 1330 g/mol. The van der Waals surface area contributed by atoms with E-state index in [-0.39, 0.29) is 42.5 Å². The zero-order valence-corrected chi connectivity index (χ0v) is 55.6. The Morgan fingerprint density at radius 1 is 0.667 bits per heavy atom. The molecule has 0 spiro atoms. The number of rotatable bonds is 48. The van der Waals surface area contributed by atoms with Crippen molar-refractivity contribution in [1.29, 1.82) is 0 Å². The lowest BCUT2D eigenvalue weighted by Gasteiger charge is -2.31. The van der Waals surface area contributed by atoms with Gasteiger partial charge in [0.25, 0.3) is 0 Å². The van der Waals surface area contributed by atoms with Gasteiger partial charge in [0.05, 0.1) is 131 Å². The van der Waals surface area contributed by atoms with Gasteiger partial charge in [-0.2, -0.15) is 0 Å². The first kappa shape index (κ1) is 78.5. The molecule has 1 aliphatic rings. The first-order valence-electron chi connectivity index (χ1n) is 31.7. The summed E-state index contributed by atoms with van der Waals surface area (Å²) in [6.07, 6.45) is 9.04. The maximum Gasteiger partial charge on any atom is 0.407 e. The molecular formula is C62H98N12O18S. The fourth-order valence-electron chi connectivity index (χ4n) is 8.90. The normalized spacial score (nSPS) is 13.7. The molecule has 1 aliphatic heterocycles. The quantitative estimate of drug-likeness (QED) is 0.0268. The molecule has 520 valence electrons. The Bertz CT molecular complexity index is 2800. The molecule has 3 atom stereocenters. The first-order chi connectivity index (χ1) is 44.9. The van der Waals surface area contributed by atoms with Crippen LogP contribution in [-0.4, -0.2) is 245 Å². The van der Waals surface area contributed by atoms with Gasteiger partial charge < -0.3 is 84.2 Å². The number of nitrogens with zero attached hydrogens (tertiary/aromatic N) is 6. The number of likely N-dealkylation sites (tertiary alicyclic amines) is 1. The van der Waals surface area contributed by atoms with Crippen molar-refractivity contribution in [3.8, 4) is 11.8 Å². The van der Waals surface area contributed by atoms with Crippen molar-refractivity contribution in [2.24, 2.45) is 11.8 Å². The Balaban J connectivity index is 0.860. The molecule has 0 aliphatic carbocycles. The Morgan fingerprint density at radius 2 is 1.20 bits per heavy atom. The lowest BCUT2D eigenvalue weighted by atomic mass is 9.91. The molecule has 4 rings (SSSR count). The summed E-state index contributed by atoms with van der Waals surface area (Å²) in [5.41, 5.74) is 2.36. The third-order valence-corrected chi connectivity index (χ3v) is 15.0. The molecule has 2 aromatic heterocycles. The molecule has 1 unspecified atom stereocenters. The minimum absolute atomic E-state index is 0.129. The number of hydrogen-bond donors (Lipinski definition) is 6. The van der Waals surface area contributed by atoms with Gasteiger partial charge in [0.1, 0.15) is 30.5 Å². The predicted octanol–water partition coefficient (Wildman–Crippen LogP) is 2.23. The number of hydrogen-bond acceptors (Lipinski definition) is 23. The molecular weight excluding hydrogens is 1230 g/mol. The van der Waals surface area contributed by atoms with Gasteiger partial charge in [-0.3, -0.25) is 19.2 Å². The molecule has 6 amide bonds. The molecule has 31 heteroatoms. The van der Waals surface area contributed by atoms with Gasteiger partial charge in [0.2, 0.25) is 38.6 Å². The highest BCUT2D eigenvalue weighted by Crippen LogP contribution is 2.23. The molecule has 1 aromatic carbocycles. The monoisotopic (exact) mass is 1330 g/mol. The molecule has 0 bridgehead atoms. The number of benzene rings is 1. The summed E-state index contributed by atoms with van der Waals surface area (Å²) in [4.78, 5) is 85.0. The van der Waals surface area contributed by atoms with Crippen LogP contribution in [0.4, 0.5) is 15.3 Å². The fraction of sp³-hybridized carbons (Fsp3) is 0.677. The second-order valence-electron chi connectivity index (χ2n) is 22.0. The molecule has 0 radical (unpaired) electrons. The summed E-state index contributed by atoms with van der Waals surface area (Å²) < 4.78 is 79.8. The Labute approximate surface area is 546 Å². The van der Waals surface area contributed by atoms with E-state index in [1.54, 1.807) is 42.1 Å². The largest absolute Gasteiger partial charge is 0.446 e. The van der Waals surface area contributed by atoms with Crippen molar-refractivity contribution in [3.05, 3.63) is 59.7 Å². The minimum Gasteiger partial charge on any atom is -0.446 e. The number of anilines is 1. The third-order valence-electron chi connectivity index (χ3n) is 14.1. The summed E-state index contributed by atoms with van der Waals surface area (Å²) in [6, 6.07) is 5.11. The van der Waals surface area contributed by atoms with Crippen LogP contribution in [0.25, 0.3) is 0 Å². The van der Waals surface area contributed by atoms with E-state index in [9.17, 15) is 37.2 Å². The van der Waals surface area contributed by atoms with Gasteiger partial charge in [-0.05, 0) is 81.6 Å². The topological polar surface area (TPSA) is 361 Å². The number of piperidine rings is 1. The molecule has 6 N–H and O–H groups in total. The van der Waals surface area contributed by atoms with Crippen molar-refractivity contribution in [2.45, 2.75) is 115 Å². The summed E-state index contributed by atoms with van der Waals surface area (Å²) in [5.74, 6) is 4.88. The summed E-state index contributed by atoms with van der Waals surface area (Å²) in [7, 11) is -0.625. The summed E-state index contributed by atoms with van der Waals surface area (Å²) >= 11 is 0. The average Bonchev–Trinajstić information content (AvgIpc) is 1.74. The van der Waals surface area contributed by atoms with Gasteiger partial charge >= 0.3 is 12.2 Å². The van der Waals surface area contributed by atoms with Gasteiger partial charge in [0.15, 0.2) is 0 Å². The van der Waals surface area contributed by atoms with E-state index in [0.717, 1.165) is 50.7 Å². The number of aromatic nitrogens is 5. The second-order valence-corrected chi connectivity index (χ2v) is 24.0. The van der Waals surface area contributed by atoms with E-state index >= 15 is 0 Å². The number of unbranched alkanes of at least 4 members (excludes halogenated alkanes) is 1. The van der Waals surface area contributed by atoms with E-state index in [0.29, 0.717) is 167 Å². The maximum atomic E-state index is 13.3. The first-order valence-corrected chi connectivity index (χ1v) is 33.5. The minimum atomic E-state index is -3.47. The highest BCUT2D eigenvalue weighted by molar-refractivity contribution is 7.90. The van der Waals surface area contributed by atoms with Crippen LogP contribution in [0.1, 0.15) is 89.0 Å². The number of ether oxygens (including phenoxy) is 10. The van der Waals surface area contributed by atoms with E-state index in [2.05, 4.69) is 68.9 Å². The third kappa shape index (κ3) is 36.3. The van der Waals surface area contributed by atoms with E-state index in [4.69, 9.17) is 47.4 Å². The smallest absolute Gasteiger partial charge is 0.407 e. The van der Waals surface area contributed by atoms with Crippen LogP contribution < -0.4 is 31.9 Å². The molecule has 0 saturated carbocycles. The van der Waals surface area contributed by atoms with Gasteiger partial charge in [0, 0.05) is 70.7 Å². The Kier molecular flexibility index (Phi) is 39.6. The SMILES string of the molecule is CNC(=O)OCC(Cc1ccc(NC(=O)[C@H](C)NC(=O)[C@@H](NC(=O)CCCC2CCN(CCOCCOCCOCCOCCOCCOCCOCCOCCn3cc(CNC(=O)CCCC#Cc4cnc(S(C)(=O)=O)nc4)nn3)CC2)C(C)C)cc1)OC(=O)NC. The van der Waals surface area contributed by atoms with E-state index in [1.165, 1.54) is 26.5 Å². The van der Waals surface area contributed by atoms with Gasteiger partial charge in [-0.15, -0.1) is 5.10 Å². The molecule has 3 aromatic rings. The van der Waals surface area contributed by atoms with Gasteiger partial charge in [-0.25, -0.2) is 32.7 Å². The number of nitrogens with one attached hydrogen (secondary N) is 6. The number of carbonyl (C=O) groups excluding carboxylic acids is 6. The number of amides is 6. The molecule has 93 heavy (non-hydrogen) atoms. The standard InChI is InChI=1S/C62H98N12O18S/c1-47(2)57(59(78)68-48(3)58(77)69-52-17-15-50(16-18-52)41-54(92-62(80)64-5)46-91-61(79)63-4)70-56(76)14-10-12-49-19-21-73(22-20-49)23-25-83-27-29-85-31-33-87-35-37-89-39-40-90-38-36-88-34-32-86-30-28-84-26-24-74-45-53(71-72-74)44-65-55(75)13-9-7-8-11-51-42-66-60(67-43-51)93(6,81)82/h15-18,42-43,45,47-49,54,57H,7,9-10,12-14,19-41,44,46H2,1-6H3,(H,63,79)(H,64,80)(H,65,75)(H,68,78)(H,69,77)(H,70,76)/t48-,54?,57-/m0/s1. The van der Waals surface area contributed by atoms with Crippen LogP contribution in [0.3, 0.4) is 0 Å². The molecule has 3 heterocycles. The van der Waals surface area contributed by atoms with Crippen molar-refractivity contribution in [3.63, 3.8) is 0 Å². The second kappa shape index (κ2) is 47.0. The highest BCUT2D eigenvalue weighted by Gasteiger charge is 2.28. The molecule has 1 fully saturated rings. The van der Waals surface area contributed by atoms with Crippen LogP contribution in [0.5, 0.6) is 0 Å². The summed E-state index contributed by atoms with van der Waals surface area (Å²) in [5, 5.41) is 23.8. The number of alkyl carbamates (subject to hydrolysis) is 2. The van der Waals surface area contributed by atoms with Gasteiger partial charge in [-0.1, -0.05) is 43.0 Å². The fourth-order valence-corrected chi connectivity index (χ4v) is 9.38. The predicted molar refractivity (Wildman–Crippen MR) is 340 cm³/mol. The molecule has 1 saturated heterocycles. The van der Waals surface area contributed by atoms with Crippen LogP contribution in [0.15, 0.2) is 48.0 Å². The van der Waals surface area contributed by atoms with Crippen molar-refractivity contribution in [2.75, 3.05) is 158 Å². The lowest BCUT2D eigenvalue weighted by molar-refractivity contribution is -0.131. The highest BCUT2D eigenvalue weighted by atomic mass is 32.2. The van der Waals surface area contributed by atoms with Crippen LogP contribution in [0.2, 0.25) is 0 Å². The van der Waals surface area contributed by atoms with Crippen LogP contribution >= 0.6 is 0 Å².